The first-order valence-corrected chi connectivity index (χ1v) is 7.11. The molecule has 0 N–H and O–H groups in total. The molecule has 0 aliphatic heterocycles. The fraction of sp³-hybridized carbons (Fsp3) is 0.0714. The molecule has 20 heavy (non-hydrogen) atoms. The number of hydrogen-bond donors (Lipinski definition) is 0. The molecule has 0 aliphatic carbocycles. The number of carbonyl (C=O) groups is 1. The summed E-state index contributed by atoms with van der Waals surface area (Å²) in [6.45, 7) is -0.306. The number of benzene rings is 2. The molecule has 0 aromatic heterocycles. The van der Waals surface area contributed by atoms with Crippen LogP contribution in [0.4, 0.5) is 8.78 Å². The summed E-state index contributed by atoms with van der Waals surface area (Å²) in [4.78, 5) is 10.9. The monoisotopic (exact) mass is 404 g/mol. The van der Waals surface area contributed by atoms with Gasteiger partial charge in [-0.05, 0) is 46.3 Å². The van der Waals surface area contributed by atoms with Crippen LogP contribution in [0.15, 0.2) is 39.3 Å². The maximum Gasteiger partial charge on any atom is 0.153 e. The molecule has 0 amide bonds. The predicted molar refractivity (Wildman–Crippen MR) is 77.9 cm³/mol. The lowest BCUT2D eigenvalue weighted by Crippen LogP contribution is -2.04. The van der Waals surface area contributed by atoms with Crippen LogP contribution < -0.4 is 4.74 Å². The van der Waals surface area contributed by atoms with Crippen molar-refractivity contribution in [1.82, 2.24) is 0 Å². The summed E-state index contributed by atoms with van der Waals surface area (Å²) >= 11 is 6.21. The zero-order valence-electron chi connectivity index (χ0n) is 10.00. The first-order chi connectivity index (χ1) is 9.52. The SMILES string of the molecule is O=Cc1cc(Br)ccc1OCc1c(F)ccc(Br)c1F. The van der Waals surface area contributed by atoms with E-state index in [0.717, 1.165) is 6.07 Å². The van der Waals surface area contributed by atoms with Gasteiger partial charge >= 0.3 is 0 Å². The van der Waals surface area contributed by atoms with Crippen molar-refractivity contribution in [2.75, 3.05) is 0 Å². The third kappa shape index (κ3) is 3.24. The minimum Gasteiger partial charge on any atom is -0.488 e. The Morgan fingerprint density at radius 3 is 2.60 bits per heavy atom. The molecule has 0 fully saturated rings. The standard InChI is InChI=1S/C14H8Br2F2O2/c15-9-1-4-13(8(5-9)6-19)20-7-10-12(17)3-2-11(16)14(10)18/h1-6H,7H2. The summed E-state index contributed by atoms with van der Waals surface area (Å²) in [6.07, 6.45) is 0.619. The van der Waals surface area contributed by atoms with Gasteiger partial charge in [-0.25, -0.2) is 8.78 Å². The second-order valence-electron chi connectivity index (χ2n) is 3.91. The lowest BCUT2D eigenvalue weighted by Gasteiger charge is -2.11. The lowest BCUT2D eigenvalue weighted by molar-refractivity contribution is 0.111. The van der Waals surface area contributed by atoms with Crippen molar-refractivity contribution in [3.63, 3.8) is 0 Å². The maximum atomic E-state index is 13.8. The van der Waals surface area contributed by atoms with Crippen LogP contribution in [0.3, 0.4) is 0 Å². The topological polar surface area (TPSA) is 26.3 Å². The van der Waals surface area contributed by atoms with Crippen LogP contribution >= 0.6 is 31.9 Å². The van der Waals surface area contributed by atoms with Crippen molar-refractivity contribution in [2.24, 2.45) is 0 Å². The van der Waals surface area contributed by atoms with E-state index in [-0.39, 0.29) is 22.4 Å². The predicted octanol–water partition coefficient (Wildman–Crippen LogP) is 4.88. The van der Waals surface area contributed by atoms with Gasteiger partial charge in [0.1, 0.15) is 24.0 Å². The molecule has 104 valence electrons. The van der Waals surface area contributed by atoms with Crippen LogP contribution in [-0.4, -0.2) is 6.29 Å². The highest BCUT2D eigenvalue weighted by atomic mass is 79.9. The molecule has 0 radical (unpaired) electrons. The Morgan fingerprint density at radius 1 is 1.15 bits per heavy atom. The highest BCUT2D eigenvalue weighted by Gasteiger charge is 2.14. The maximum absolute atomic E-state index is 13.8. The molecule has 2 aromatic carbocycles. The Labute approximate surface area is 131 Å². The van der Waals surface area contributed by atoms with E-state index >= 15 is 0 Å². The van der Waals surface area contributed by atoms with Gasteiger partial charge in [0.25, 0.3) is 0 Å². The summed E-state index contributed by atoms with van der Waals surface area (Å²) in [5.74, 6) is -1.15. The van der Waals surface area contributed by atoms with E-state index in [9.17, 15) is 13.6 Å². The van der Waals surface area contributed by atoms with Crippen molar-refractivity contribution < 1.29 is 18.3 Å². The van der Waals surface area contributed by atoms with Crippen LogP contribution in [0.5, 0.6) is 5.75 Å². The van der Waals surface area contributed by atoms with Gasteiger partial charge in [0.05, 0.1) is 15.6 Å². The smallest absolute Gasteiger partial charge is 0.153 e. The average Bonchev–Trinajstić information content (AvgIpc) is 2.44. The first kappa shape index (κ1) is 15.1. The molecule has 0 atom stereocenters. The number of carbonyl (C=O) groups excluding carboxylic acids is 1. The summed E-state index contributed by atoms with van der Waals surface area (Å²) in [6, 6.07) is 7.23. The van der Waals surface area contributed by atoms with Crippen molar-refractivity contribution in [2.45, 2.75) is 6.61 Å². The Hall–Kier alpha value is -1.27. The van der Waals surface area contributed by atoms with E-state index < -0.39 is 11.6 Å². The quantitative estimate of drug-likeness (QED) is 0.535. The molecule has 0 bridgehead atoms. The lowest BCUT2D eigenvalue weighted by atomic mass is 10.2. The second-order valence-corrected chi connectivity index (χ2v) is 5.68. The third-order valence-electron chi connectivity index (χ3n) is 2.61. The zero-order valence-corrected chi connectivity index (χ0v) is 13.2. The van der Waals surface area contributed by atoms with Crippen molar-refractivity contribution in [3.8, 4) is 5.75 Å². The molecule has 0 aliphatic rings. The Balaban J connectivity index is 2.25. The number of halogens is 4. The Morgan fingerprint density at radius 2 is 1.90 bits per heavy atom. The van der Waals surface area contributed by atoms with Crippen LogP contribution in [0.25, 0.3) is 0 Å². The molecule has 0 spiro atoms. The van der Waals surface area contributed by atoms with Gasteiger partial charge in [-0.3, -0.25) is 4.79 Å². The van der Waals surface area contributed by atoms with E-state index in [1.165, 1.54) is 6.07 Å². The van der Waals surface area contributed by atoms with Crippen LogP contribution in [0.1, 0.15) is 15.9 Å². The number of rotatable bonds is 4. The van der Waals surface area contributed by atoms with Crippen molar-refractivity contribution in [3.05, 3.63) is 62.0 Å². The van der Waals surface area contributed by atoms with Crippen LogP contribution in [0, 0.1) is 11.6 Å². The summed E-state index contributed by atoms with van der Waals surface area (Å²) in [5.41, 5.74) is 0.106. The summed E-state index contributed by atoms with van der Waals surface area (Å²) in [5, 5.41) is 0. The minimum absolute atomic E-state index is 0.156. The number of hydrogen-bond acceptors (Lipinski definition) is 2. The van der Waals surface area contributed by atoms with E-state index in [2.05, 4.69) is 31.9 Å². The molecule has 0 saturated carbocycles. The molecule has 0 heterocycles. The minimum atomic E-state index is -0.713. The second kappa shape index (κ2) is 6.45. The van der Waals surface area contributed by atoms with E-state index in [4.69, 9.17) is 4.74 Å². The Bertz CT molecular complexity index is 660. The van der Waals surface area contributed by atoms with Gasteiger partial charge in [-0.15, -0.1) is 0 Å². The third-order valence-corrected chi connectivity index (χ3v) is 3.72. The first-order valence-electron chi connectivity index (χ1n) is 5.53. The normalized spacial score (nSPS) is 10.4. The molecule has 2 rings (SSSR count). The summed E-state index contributed by atoms with van der Waals surface area (Å²) in [7, 11) is 0. The molecule has 2 aromatic rings. The van der Waals surface area contributed by atoms with Gasteiger partial charge in [-0.1, -0.05) is 15.9 Å². The van der Waals surface area contributed by atoms with E-state index in [1.807, 2.05) is 0 Å². The van der Waals surface area contributed by atoms with Crippen LogP contribution in [0.2, 0.25) is 0 Å². The largest absolute Gasteiger partial charge is 0.488 e. The van der Waals surface area contributed by atoms with Crippen LogP contribution in [-0.2, 0) is 6.61 Å². The van der Waals surface area contributed by atoms with Gasteiger partial charge in [0.2, 0.25) is 0 Å². The van der Waals surface area contributed by atoms with Gasteiger partial charge in [-0.2, -0.15) is 0 Å². The fourth-order valence-corrected chi connectivity index (χ4v) is 2.34. The molecular weight excluding hydrogens is 398 g/mol. The summed E-state index contributed by atoms with van der Waals surface area (Å²) < 4.78 is 33.5. The van der Waals surface area contributed by atoms with E-state index in [1.54, 1.807) is 18.2 Å². The van der Waals surface area contributed by atoms with Gasteiger partial charge < -0.3 is 4.74 Å². The van der Waals surface area contributed by atoms with E-state index in [0.29, 0.717) is 16.3 Å². The molecular formula is C14H8Br2F2O2. The number of ether oxygens (including phenoxy) is 1. The van der Waals surface area contributed by atoms with Gasteiger partial charge in [0, 0.05) is 4.47 Å². The van der Waals surface area contributed by atoms with Gasteiger partial charge in [0.15, 0.2) is 6.29 Å². The van der Waals surface area contributed by atoms with Crippen molar-refractivity contribution in [1.29, 1.82) is 0 Å². The average molecular weight is 406 g/mol. The molecule has 6 heteroatoms. The highest BCUT2D eigenvalue weighted by molar-refractivity contribution is 9.10. The Kier molecular flexibility index (Phi) is 4.88. The fourth-order valence-electron chi connectivity index (χ4n) is 1.59. The molecule has 0 unspecified atom stereocenters. The van der Waals surface area contributed by atoms with Crippen molar-refractivity contribution >= 4 is 38.1 Å². The molecule has 0 saturated heterocycles. The number of aldehydes is 1. The molecule has 2 nitrogen and oxygen atoms in total. The highest BCUT2D eigenvalue weighted by Crippen LogP contribution is 2.26. The zero-order chi connectivity index (χ0) is 14.7.